The van der Waals surface area contributed by atoms with Crippen molar-refractivity contribution in [2.75, 3.05) is 11.9 Å². The summed E-state index contributed by atoms with van der Waals surface area (Å²) >= 11 is 0. The van der Waals surface area contributed by atoms with Crippen molar-refractivity contribution in [2.45, 2.75) is 25.9 Å². The lowest BCUT2D eigenvalue weighted by Gasteiger charge is -2.15. The summed E-state index contributed by atoms with van der Waals surface area (Å²) in [6.45, 7) is 2.39. The van der Waals surface area contributed by atoms with Crippen LogP contribution in [0.1, 0.15) is 18.7 Å². The number of hydrogen-bond acceptors (Lipinski definition) is 6. The molecule has 7 nitrogen and oxygen atoms in total. The molecule has 10 heteroatoms. The molecule has 0 aliphatic heterocycles. The first kappa shape index (κ1) is 20.3. The van der Waals surface area contributed by atoms with Crippen molar-refractivity contribution in [3.63, 3.8) is 0 Å². The summed E-state index contributed by atoms with van der Waals surface area (Å²) in [6, 6.07) is 4.42. The standard InChI is InChI=1S/C14H18FN7.2ClH/c1-8-20-21-14-13(19-12(17)3-2-6-16)18-10-5-4-9(15)7-11(10)22(8)14;;/h4-5,7,12H,2-3,6,16-17H2,1H3,(H,18,19);2*1H. The molecule has 2 aromatic heterocycles. The lowest BCUT2D eigenvalue weighted by Crippen LogP contribution is -2.30. The van der Waals surface area contributed by atoms with Crippen LogP contribution in [-0.4, -0.2) is 32.3 Å². The fourth-order valence-electron chi connectivity index (χ4n) is 2.43. The second kappa shape index (κ2) is 8.39. The van der Waals surface area contributed by atoms with Crippen LogP contribution >= 0.6 is 24.8 Å². The maximum atomic E-state index is 13.5. The minimum absolute atomic E-state index is 0. The third-order valence-corrected chi connectivity index (χ3v) is 3.49. The predicted molar refractivity (Wildman–Crippen MR) is 97.4 cm³/mol. The molecular weight excluding hydrogens is 356 g/mol. The summed E-state index contributed by atoms with van der Waals surface area (Å²) < 4.78 is 15.3. The summed E-state index contributed by atoms with van der Waals surface area (Å²) in [5, 5.41) is 11.3. The van der Waals surface area contributed by atoms with Gasteiger partial charge >= 0.3 is 0 Å². The molecule has 5 N–H and O–H groups in total. The third kappa shape index (κ3) is 3.84. The summed E-state index contributed by atoms with van der Waals surface area (Å²) in [5.41, 5.74) is 13.3. The lowest BCUT2D eigenvalue weighted by molar-refractivity contribution is 0.629. The molecule has 2 heterocycles. The molecule has 1 atom stereocenters. The molecule has 3 rings (SSSR count). The highest BCUT2D eigenvalue weighted by atomic mass is 35.5. The van der Waals surface area contributed by atoms with E-state index in [9.17, 15) is 4.39 Å². The van der Waals surface area contributed by atoms with Crippen LogP contribution in [-0.2, 0) is 0 Å². The molecular formula is C14H20Cl2FN7. The number of fused-ring (bicyclic) bond motifs is 3. The SMILES string of the molecule is Cc1nnc2c(NC(N)CCCN)nc3ccc(F)cc3n12.Cl.Cl. The van der Waals surface area contributed by atoms with Gasteiger partial charge in [0.05, 0.1) is 17.2 Å². The van der Waals surface area contributed by atoms with Gasteiger partial charge in [0.1, 0.15) is 11.6 Å². The van der Waals surface area contributed by atoms with E-state index in [-0.39, 0.29) is 36.8 Å². The van der Waals surface area contributed by atoms with Crippen molar-refractivity contribution in [3.05, 3.63) is 29.8 Å². The summed E-state index contributed by atoms with van der Waals surface area (Å²) in [6.07, 6.45) is 1.25. The first-order chi connectivity index (χ1) is 10.6. The van der Waals surface area contributed by atoms with Gasteiger partial charge < -0.3 is 16.8 Å². The Morgan fingerprint density at radius 3 is 2.75 bits per heavy atom. The summed E-state index contributed by atoms with van der Waals surface area (Å²) in [7, 11) is 0. The number of aromatic nitrogens is 4. The quantitative estimate of drug-likeness (QED) is 0.588. The summed E-state index contributed by atoms with van der Waals surface area (Å²) in [4.78, 5) is 4.49. The van der Waals surface area contributed by atoms with Crippen LogP contribution in [0.25, 0.3) is 16.7 Å². The number of nitrogens with zero attached hydrogens (tertiary/aromatic N) is 4. The minimum atomic E-state index is -0.330. The van der Waals surface area contributed by atoms with Gasteiger partial charge in [-0.05, 0) is 38.4 Å². The average molecular weight is 376 g/mol. The average Bonchev–Trinajstić information content (AvgIpc) is 2.88. The van der Waals surface area contributed by atoms with Crippen molar-refractivity contribution in [2.24, 2.45) is 11.5 Å². The Labute approximate surface area is 150 Å². The van der Waals surface area contributed by atoms with Crippen LogP contribution < -0.4 is 16.8 Å². The third-order valence-electron chi connectivity index (χ3n) is 3.49. The van der Waals surface area contributed by atoms with Crippen molar-refractivity contribution in [1.29, 1.82) is 0 Å². The van der Waals surface area contributed by atoms with Gasteiger partial charge in [-0.2, -0.15) is 0 Å². The zero-order valence-electron chi connectivity index (χ0n) is 13.1. The molecule has 3 aromatic rings. The van der Waals surface area contributed by atoms with E-state index in [1.807, 2.05) is 6.92 Å². The highest BCUT2D eigenvalue weighted by Crippen LogP contribution is 2.22. The molecule has 24 heavy (non-hydrogen) atoms. The van der Waals surface area contributed by atoms with Crippen molar-refractivity contribution >= 4 is 47.3 Å². The molecule has 0 aliphatic rings. The molecule has 0 saturated heterocycles. The highest BCUT2D eigenvalue weighted by molar-refractivity contribution is 5.85. The zero-order chi connectivity index (χ0) is 15.7. The Hall–Kier alpha value is -1.74. The van der Waals surface area contributed by atoms with Crippen molar-refractivity contribution in [1.82, 2.24) is 19.6 Å². The monoisotopic (exact) mass is 375 g/mol. The van der Waals surface area contributed by atoms with Gasteiger partial charge in [-0.15, -0.1) is 35.0 Å². The van der Waals surface area contributed by atoms with E-state index in [0.717, 1.165) is 12.8 Å². The van der Waals surface area contributed by atoms with Gasteiger partial charge in [-0.25, -0.2) is 9.37 Å². The molecule has 1 unspecified atom stereocenters. The number of rotatable bonds is 5. The van der Waals surface area contributed by atoms with E-state index < -0.39 is 0 Å². The van der Waals surface area contributed by atoms with Crippen molar-refractivity contribution in [3.8, 4) is 0 Å². The number of nitrogens with one attached hydrogen (secondary N) is 1. The van der Waals surface area contributed by atoms with Crippen LogP contribution in [0, 0.1) is 12.7 Å². The number of hydrogen-bond donors (Lipinski definition) is 3. The molecule has 0 fully saturated rings. The number of nitrogens with two attached hydrogens (primary N) is 2. The van der Waals surface area contributed by atoms with Gasteiger partial charge in [0.2, 0.25) is 5.65 Å². The predicted octanol–water partition coefficient (Wildman–Crippen LogP) is 2.00. The van der Waals surface area contributed by atoms with Crippen LogP contribution in [0.15, 0.2) is 18.2 Å². The maximum Gasteiger partial charge on any atom is 0.204 e. The van der Waals surface area contributed by atoms with Crippen LogP contribution in [0.5, 0.6) is 0 Å². The van der Waals surface area contributed by atoms with E-state index in [1.54, 1.807) is 10.5 Å². The first-order valence-corrected chi connectivity index (χ1v) is 7.13. The van der Waals surface area contributed by atoms with Crippen molar-refractivity contribution < 1.29 is 4.39 Å². The molecule has 132 valence electrons. The molecule has 0 spiro atoms. The lowest BCUT2D eigenvalue weighted by atomic mass is 10.2. The Morgan fingerprint density at radius 2 is 2.04 bits per heavy atom. The van der Waals surface area contributed by atoms with Gasteiger partial charge in [0, 0.05) is 6.07 Å². The number of halogens is 3. The number of aryl methyl sites for hydroxylation is 1. The van der Waals surface area contributed by atoms with Gasteiger partial charge in [-0.1, -0.05) is 0 Å². The Bertz CT molecular complexity index is 824. The minimum Gasteiger partial charge on any atom is -0.352 e. The fourth-order valence-corrected chi connectivity index (χ4v) is 2.43. The first-order valence-electron chi connectivity index (χ1n) is 7.13. The van der Waals surface area contributed by atoms with E-state index in [1.165, 1.54) is 12.1 Å². The molecule has 0 aliphatic carbocycles. The van der Waals surface area contributed by atoms with Gasteiger partial charge in [0.25, 0.3) is 0 Å². The largest absolute Gasteiger partial charge is 0.352 e. The normalized spacial score (nSPS) is 11.8. The van der Waals surface area contributed by atoms with Crippen LogP contribution in [0.3, 0.4) is 0 Å². The topological polar surface area (TPSA) is 107 Å². The van der Waals surface area contributed by atoms with Crippen LogP contribution in [0.4, 0.5) is 10.2 Å². The molecule has 0 amide bonds. The van der Waals surface area contributed by atoms with Gasteiger partial charge in [-0.3, -0.25) is 4.40 Å². The smallest absolute Gasteiger partial charge is 0.204 e. The molecule has 0 bridgehead atoms. The second-order valence-electron chi connectivity index (χ2n) is 5.18. The molecule has 0 saturated carbocycles. The van der Waals surface area contributed by atoms with Crippen LogP contribution in [0.2, 0.25) is 0 Å². The zero-order valence-corrected chi connectivity index (χ0v) is 14.7. The fraction of sp³-hybridized carbons (Fsp3) is 0.357. The van der Waals surface area contributed by atoms with E-state index in [2.05, 4.69) is 20.5 Å². The Morgan fingerprint density at radius 1 is 1.29 bits per heavy atom. The summed E-state index contributed by atoms with van der Waals surface area (Å²) in [5.74, 6) is 0.861. The Kier molecular flexibility index (Phi) is 7.09. The van der Waals surface area contributed by atoms with Gasteiger partial charge in [0.15, 0.2) is 5.82 Å². The van der Waals surface area contributed by atoms with E-state index in [0.29, 0.717) is 34.9 Å². The maximum absolute atomic E-state index is 13.5. The highest BCUT2D eigenvalue weighted by Gasteiger charge is 2.15. The Balaban J connectivity index is 0.00000144. The number of benzene rings is 1. The molecule has 1 aromatic carbocycles. The number of anilines is 1. The second-order valence-corrected chi connectivity index (χ2v) is 5.18. The van der Waals surface area contributed by atoms with E-state index in [4.69, 9.17) is 11.5 Å². The van der Waals surface area contributed by atoms with E-state index >= 15 is 0 Å². The molecule has 0 radical (unpaired) electrons.